The van der Waals surface area contributed by atoms with Gasteiger partial charge in [0, 0.05) is 28.7 Å². The number of nitrogens with one attached hydrogen (secondary N) is 2. The molecule has 3 rings (SSSR count). The number of azo groups is 1. The van der Waals surface area contributed by atoms with Crippen LogP contribution < -0.4 is 16.4 Å². The summed E-state index contributed by atoms with van der Waals surface area (Å²) in [6.07, 6.45) is 0.365. The third-order valence-electron chi connectivity index (χ3n) is 4.15. The standard InChI is InChI=1S/C21H20F3N7O/c1-13(25)10-28-30-14(2)15-6-7-31-18(11-26-19(31)9-15)16-4-3-5-17(8-16)29-20(32)27-12-21(22,23)24/h3-11H,2,12,25H2,1H3,(H2,27,29,32)/b13-10-,30-28-. The maximum Gasteiger partial charge on any atom is 0.405 e. The van der Waals surface area contributed by atoms with Gasteiger partial charge in [-0.05, 0) is 31.2 Å². The van der Waals surface area contributed by atoms with Crippen LogP contribution in [-0.4, -0.2) is 28.1 Å². The second-order valence-corrected chi connectivity index (χ2v) is 6.83. The predicted octanol–water partition coefficient (Wildman–Crippen LogP) is 4.93. The number of hydrogen-bond donors (Lipinski definition) is 3. The van der Waals surface area contributed by atoms with Crippen LogP contribution in [0.1, 0.15) is 12.5 Å². The highest BCUT2D eigenvalue weighted by Crippen LogP contribution is 2.25. The van der Waals surface area contributed by atoms with Crippen molar-refractivity contribution >= 4 is 23.1 Å². The number of allylic oxidation sites excluding steroid dienone is 1. The van der Waals surface area contributed by atoms with Crippen LogP contribution in [0.25, 0.3) is 22.6 Å². The molecule has 0 unspecified atom stereocenters. The minimum atomic E-state index is -4.48. The summed E-state index contributed by atoms with van der Waals surface area (Å²) >= 11 is 0. The molecule has 32 heavy (non-hydrogen) atoms. The lowest BCUT2D eigenvalue weighted by Crippen LogP contribution is -2.36. The molecule has 0 bridgehead atoms. The lowest BCUT2D eigenvalue weighted by atomic mass is 10.1. The Labute approximate surface area is 181 Å². The average Bonchev–Trinajstić information content (AvgIpc) is 3.15. The molecule has 0 spiro atoms. The van der Waals surface area contributed by atoms with Gasteiger partial charge in [-0.2, -0.15) is 23.4 Å². The highest BCUT2D eigenvalue weighted by Gasteiger charge is 2.27. The number of amides is 2. The molecule has 166 valence electrons. The number of aromatic nitrogens is 2. The smallest absolute Gasteiger partial charge is 0.401 e. The second-order valence-electron chi connectivity index (χ2n) is 6.83. The monoisotopic (exact) mass is 443 g/mol. The fraction of sp³-hybridized carbons (Fsp3) is 0.143. The molecule has 3 aromatic rings. The number of alkyl halides is 3. The molecule has 0 aliphatic heterocycles. The molecular formula is C21H20F3N7O. The van der Waals surface area contributed by atoms with E-state index in [4.69, 9.17) is 5.73 Å². The molecule has 0 saturated carbocycles. The molecule has 0 aliphatic carbocycles. The first-order valence-electron chi connectivity index (χ1n) is 9.34. The number of benzene rings is 1. The Kier molecular flexibility index (Phi) is 6.57. The second kappa shape index (κ2) is 9.33. The van der Waals surface area contributed by atoms with Crippen molar-refractivity contribution in [1.82, 2.24) is 14.7 Å². The number of halogens is 3. The Morgan fingerprint density at radius 1 is 1.31 bits per heavy atom. The molecule has 0 saturated heterocycles. The number of nitrogens with two attached hydrogens (primary N) is 1. The van der Waals surface area contributed by atoms with Crippen molar-refractivity contribution in [2.24, 2.45) is 16.0 Å². The summed E-state index contributed by atoms with van der Waals surface area (Å²) in [5, 5.41) is 12.0. The van der Waals surface area contributed by atoms with Crippen LogP contribution in [0.4, 0.5) is 23.7 Å². The number of fused-ring (bicyclic) bond motifs is 1. The van der Waals surface area contributed by atoms with Gasteiger partial charge in [-0.25, -0.2) is 9.78 Å². The van der Waals surface area contributed by atoms with E-state index in [1.54, 1.807) is 61.0 Å². The van der Waals surface area contributed by atoms with Gasteiger partial charge in [0.15, 0.2) is 0 Å². The highest BCUT2D eigenvalue weighted by molar-refractivity contribution is 5.90. The van der Waals surface area contributed by atoms with Crippen LogP contribution in [0.3, 0.4) is 0 Å². The fourth-order valence-electron chi connectivity index (χ4n) is 2.73. The Balaban J connectivity index is 1.79. The summed E-state index contributed by atoms with van der Waals surface area (Å²) < 4.78 is 38.6. The van der Waals surface area contributed by atoms with Gasteiger partial charge in [-0.15, -0.1) is 0 Å². The van der Waals surface area contributed by atoms with E-state index in [0.29, 0.717) is 28.3 Å². The molecule has 2 heterocycles. The summed E-state index contributed by atoms with van der Waals surface area (Å²) in [6.45, 7) is 4.16. The summed E-state index contributed by atoms with van der Waals surface area (Å²) in [6, 6.07) is 9.32. The quantitative estimate of drug-likeness (QED) is 0.470. The van der Waals surface area contributed by atoms with Gasteiger partial charge in [-0.3, -0.25) is 4.40 Å². The van der Waals surface area contributed by atoms with Gasteiger partial charge in [0.1, 0.15) is 12.2 Å². The molecule has 11 heteroatoms. The van der Waals surface area contributed by atoms with Crippen LogP contribution in [0.15, 0.2) is 77.5 Å². The molecule has 1 aromatic carbocycles. The number of hydrogen-bond acceptors (Lipinski definition) is 5. The average molecular weight is 443 g/mol. The van der Waals surface area contributed by atoms with E-state index < -0.39 is 18.8 Å². The zero-order chi connectivity index (χ0) is 23.3. The summed E-state index contributed by atoms with van der Waals surface area (Å²) in [7, 11) is 0. The first-order chi connectivity index (χ1) is 15.1. The molecule has 0 aliphatic rings. The number of imidazole rings is 1. The van der Waals surface area contributed by atoms with Gasteiger partial charge in [0.05, 0.1) is 23.8 Å². The van der Waals surface area contributed by atoms with Crippen molar-refractivity contribution in [2.45, 2.75) is 13.1 Å². The minimum absolute atomic E-state index is 0.339. The lowest BCUT2D eigenvalue weighted by Gasteiger charge is -2.11. The Bertz CT molecular complexity index is 1210. The molecule has 0 radical (unpaired) electrons. The molecule has 4 N–H and O–H groups in total. The van der Waals surface area contributed by atoms with E-state index in [-0.39, 0.29) is 0 Å². The summed E-state index contributed by atoms with van der Waals surface area (Å²) in [5.74, 6) is 0. The summed E-state index contributed by atoms with van der Waals surface area (Å²) in [4.78, 5) is 16.1. The van der Waals surface area contributed by atoms with Gasteiger partial charge < -0.3 is 16.4 Å². The SMILES string of the molecule is C=C(/N=N\C=C(\C)N)c1ccn2c(-c3cccc(NC(=O)NCC(F)(F)F)c3)cnc2c1. The summed E-state index contributed by atoms with van der Waals surface area (Å²) in [5.41, 5.74) is 9.58. The topological polar surface area (TPSA) is 109 Å². The number of pyridine rings is 1. The Morgan fingerprint density at radius 2 is 2.09 bits per heavy atom. The number of rotatable bonds is 6. The maximum atomic E-state index is 12.2. The van der Waals surface area contributed by atoms with Crippen LogP contribution in [-0.2, 0) is 0 Å². The Morgan fingerprint density at radius 3 is 2.81 bits per heavy atom. The third kappa shape index (κ3) is 5.94. The first kappa shape index (κ1) is 22.5. The molecule has 2 amide bonds. The predicted molar refractivity (Wildman–Crippen MR) is 116 cm³/mol. The lowest BCUT2D eigenvalue weighted by molar-refractivity contribution is -0.122. The number of urea groups is 1. The molecular weight excluding hydrogens is 423 g/mol. The van der Waals surface area contributed by atoms with Gasteiger partial charge >= 0.3 is 12.2 Å². The van der Waals surface area contributed by atoms with Crippen molar-refractivity contribution in [3.05, 3.63) is 72.8 Å². The van der Waals surface area contributed by atoms with E-state index in [0.717, 1.165) is 11.3 Å². The zero-order valence-electron chi connectivity index (χ0n) is 17.0. The Hall–Kier alpha value is -4.15. The van der Waals surface area contributed by atoms with Crippen molar-refractivity contribution < 1.29 is 18.0 Å². The molecule has 2 aromatic heterocycles. The van der Waals surface area contributed by atoms with Crippen molar-refractivity contribution in [3.8, 4) is 11.3 Å². The molecule has 0 atom stereocenters. The van der Waals surface area contributed by atoms with Gasteiger partial charge in [0.2, 0.25) is 0 Å². The van der Waals surface area contributed by atoms with Crippen molar-refractivity contribution in [2.75, 3.05) is 11.9 Å². The van der Waals surface area contributed by atoms with Gasteiger partial charge in [-0.1, -0.05) is 18.7 Å². The zero-order valence-corrected chi connectivity index (χ0v) is 17.0. The molecule has 0 fully saturated rings. The van der Waals surface area contributed by atoms with Crippen LogP contribution in [0, 0.1) is 0 Å². The van der Waals surface area contributed by atoms with E-state index in [2.05, 4.69) is 27.1 Å². The van der Waals surface area contributed by atoms with Crippen LogP contribution in [0.2, 0.25) is 0 Å². The highest BCUT2D eigenvalue weighted by atomic mass is 19.4. The molecule has 8 nitrogen and oxygen atoms in total. The van der Waals surface area contributed by atoms with E-state index >= 15 is 0 Å². The number of carbonyl (C=O) groups is 1. The van der Waals surface area contributed by atoms with Crippen LogP contribution >= 0.6 is 0 Å². The minimum Gasteiger partial charge on any atom is -0.401 e. The van der Waals surface area contributed by atoms with E-state index in [1.165, 1.54) is 6.20 Å². The number of carbonyl (C=O) groups excluding carboxylic acids is 1. The van der Waals surface area contributed by atoms with E-state index in [9.17, 15) is 18.0 Å². The third-order valence-corrected chi connectivity index (χ3v) is 4.15. The normalized spacial score (nSPS) is 12.3. The number of anilines is 1. The first-order valence-corrected chi connectivity index (χ1v) is 9.34. The largest absolute Gasteiger partial charge is 0.405 e. The fourth-order valence-corrected chi connectivity index (χ4v) is 2.73. The van der Waals surface area contributed by atoms with Crippen molar-refractivity contribution in [3.63, 3.8) is 0 Å². The van der Waals surface area contributed by atoms with Gasteiger partial charge in [0.25, 0.3) is 0 Å². The van der Waals surface area contributed by atoms with E-state index in [1.807, 2.05) is 4.40 Å². The van der Waals surface area contributed by atoms with Crippen molar-refractivity contribution in [1.29, 1.82) is 0 Å². The number of nitrogens with zero attached hydrogens (tertiary/aromatic N) is 4. The van der Waals surface area contributed by atoms with Crippen LogP contribution in [0.5, 0.6) is 0 Å². The maximum absolute atomic E-state index is 12.2.